The van der Waals surface area contributed by atoms with E-state index in [0.717, 1.165) is 5.46 Å². The molecule has 0 heterocycles. The van der Waals surface area contributed by atoms with Gasteiger partial charge < -0.3 is 9.31 Å². The molecule has 0 aliphatic carbocycles. The van der Waals surface area contributed by atoms with Crippen molar-refractivity contribution in [1.29, 1.82) is 5.26 Å². The lowest BCUT2D eigenvalue weighted by atomic mass is 9.79. The number of hydrogen-bond donors (Lipinski definition) is 0. The van der Waals surface area contributed by atoms with Gasteiger partial charge in [-0.1, -0.05) is 30.3 Å². The molecule has 1 aromatic carbocycles. The van der Waals surface area contributed by atoms with Gasteiger partial charge in [0.15, 0.2) is 0 Å². The first-order chi connectivity index (χ1) is 5.88. The van der Waals surface area contributed by atoms with Crippen LogP contribution in [0.2, 0.25) is 0 Å². The Bertz CT molecular complexity index is 270. The molecule has 0 saturated heterocycles. The van der Waals surface area contributed by atoms with Crippen molar-refractivity contribution in [2.45, 2.75) is 0 Å². The van der Waals surface area contributed by atoms with Crippen LogP contribution < -0.4 is 5.46 Å². The fourth-order valence-corrected chi connectivity index (χ4v) is 0.910. The summed E-state index contributed by atoms with van der Waals surface area (Å²) in [5, 5.41) is 8.28. The van der Waals surface area contributed by atoms with E-state index in [-0.39, 0.29) is 0 Å². The summed E-state index contributed by atoms with van der Waals surface area (Å²) in [6.07, 6.45) is 1.59. The Kier molecular flexibility index (Phi) is 3.18. The maximum atomic E-state index is 8.28. The van der Waals surface area contributed by atoms with Gasteiger partial charge in [0.1, 0.15) is 0 Å². The van der Waals surface area contributed by atoms with E-state index in [1.807, 2.05) is 30.3 Å². The van der Waals surface area contributed by atoms with Crippen LogP contribution in [0, 0.1) is 11.5 Å². The van der Waals surface area contributed by atoms with Gasteiger partial charge in [-0.2, -0.15) is 5.26 Å². The third-order valence-corrected chi connectivity index (χ3v) is 1.45. The second-order valence-corrected chi connectivity index (χ2v) is 2.19. The molecular formula is C8H8BNO2. The van der Waals surface area contributed by atoms with Crippen LogP contribution in [0.1, 0.15) is 0 Å². The molecule has 0 unspecified atom stereocenters. The minimum absolute atomic E-state index is 0.587. The quantitative estimate of drug-likeness (QED) is 0.479. The molecule has 12 heavy (non-hydrogen) atoms. The zero-order valence-electron chi connectivity index (χ0n) is 6.73. The van der Waals surface area contributed by atoms with Crippen molar-refractivity contribution in [3.8, 4) is 6.26 Å². The lowest BCUT2D eigenvalue weighted by Gasteiger charge is -2.05. The van der Waals surface area contributed by atoms with Gasteiger partial charge in [0.25, 0.3) is 6.26 Å². The maximum absolute atomic E-state index is 8.28. The number of benzene rings is 1. The second-order valence-electron chi connectivity index (χ2n) is 2.19. The molecule has 0 amide bonds. The van der Waals surface area contributed by atoms with Crippen molar-refractivity contribution >= 4 is 12.6 Å². The van der Waals surface area contributed by atoms with Gasteiger partial charge in [-0.3, -0.25) is 0 Å². The highest BCUT2D eigenvalue weighted by Crippen LogP contribution is 1.90. The van der Waals surface area contributed by atoms with Crippen LogP contribution in [-0.2, 0) is 9.31 Å². The Morgan fingerprint density at radius 1 is 1.33 bits per heavy atom. The van der Waals surface area contributed by atoms with Crippen LogP contribution in [0.25, 0.3) is 0 Å². The standard InChI is InChI=1S/C8H8BNO2/c1-11-9(12-7-10)8-5-3-2-4-6-8/h2-6H,1H3. The minimum Gasteiger partial charge on any atom is -0.463 e. The van der Waals surface area contributed by atoms with Crippen molar-refractivity contribution in [2.75, 3.05) is 7.11 Å². The number of nitrogens with zero attached hydrogens (tertiary/aromatic N) is 1. The molecule has 0 bridgehead atoms. The summed E-state index contributed by atoms with van der Waals surface area (Å²) in [4.78, 5) is 0. The van der Waals surface area contributed by atoms with Crippen molar-refractivity contribution in [3.05, 3.63) is 30.3 Å². The van der Waals surface area contributed by atoms with Crippen LogP contribution in [-0.4, -0.2) is 14.2 Å². The van der Waals surface area contributed by atoms with Crippen molar-refractivity contribution < 1.29 is 9.31 Å². The van der Waals surface area contributed by atoms with E-state index < -0.39 is 7.12 Å². The van der Waals surface area contributed by atoms with E-state index in [1.165, 1.54) is 7.11 Å². The van der Waals surface area contributed by atoms with Crippen LogP contribution in [0.3, 0.4) is 0 Å². The summed E-state index contributed by atoms with van der Waals surface area (Å²) in [5.74, 6) is 0. The van der Waals surface area contributed by atoms with Crippen LogP contribution >= 0.6 is 0 Å². The Morgan fingerprint density at radius 2 is 2.00 bits per heavy atom. The number of rotatable bonds is 3. The van der Waals surface area contributed by atoms with Crippen LogP contribution in [0.5, 0.6) is 0 Å². The molecule has 0 aliphatic rings. The third kappa shape index (κ3) is 2.01. The minimum atomic E-state index is -0.587. The molecule has 4 heteroatoms. The summed E-state index contributed by atoms with van der Waals surface area (Å²) in [6, 6.07) is 9.30. The fourth-order valence-electron chi connectivity index (χ4n) is 0.910. The highest BCUT2D eigenvalue weighted by molar-refractivity contribution is 6.61. The molecule has 0 fully saturated rings. The zero-order chi connectivity index (χ0) is 8.81. The second kappa shape index (κ2) is 4.42. The Morgan fingerprint density at radius 3 is 2.50 bits per heavy atom. The molecule has 0 aliphatic heterocycles. The summed E-state index contributed by atoms with van der Waals surface area (Å²) >= 11 is 0. The average Bonchev–Trinajstić information content (AvgIpc) is 2.15. The predicted molar refractivity (Wildman–Crippen MR) is 45.5 cm³/mol. The summed E-state index contributed by atoms with van der Waals surface area (Å²) in [7, 11) is 0.908. The van der Waals surface area contributed by atoms with Gasteiger partial charge in [-0.25, -0.2) is 0 Å². The van der Waals surface area contributed by atoms with E-state index in [1.54, 1.807) is 6.26 Å². The van der Waals surface area contributed by atoms with E-state index in [0.29, 0.717) is 0 Å². The molecule has 0 atom stereocenters. The topological polar surface area (TPSA) is 42.2 Å². The van der Waals surface area contributed by atoms with Crippen LogP contribution in [0.15, 0.2) is 30.3 Å². The first-order valence-electron chi connectivity index (χ1n) is 3.51. The molecule has 0 radical (unpaired) electrons. The van der Waals surface area contributed by atoms with Gasteiger partial charge >= 0.3 is 7.12 Å². The normalized spacial score (nSPS) is 8.67. The molecular weight excluding hydrogens is 153 g/mol. The molecule has 0 aromatic heterocycles. The van der Waals surface area contributed by atoms with Gasteiger partial charge in [0.2, 0.25) is 0 Å². The van der Waals surface area contributed by atoms with Crippen molar-refractivity contribution in [3.63, 3.8) is 0 Å². The molecule has 0 N–H and O–H groups in total. The van der Waals surface area contributed by atoms with E-state index in [4.69, 9.17) is 9.92 Å². The molecule has 60 valence electrons. The lowest BCUT2D eigenvalue weighted by molar-refractivity contribution is 0.330. The van der Waals surface area contributed by atoms with Gasteiger partial charge in [0.05, 0.1) is 0 Å². The van der Waals surface area contributed by atoms with E-state index in [2.05, 4.69) is 4.65 Å². The summed E-state index contributed by atoms with van der Waals surface area (Å²) in [5.41, 5.74) is 0.835. The van der Waals surface area contributed by atoms with E-state index in [9.17, 15) is 0 Å². The lowest BCUT2D eigenvalue weighted by Crippen LogP contribution is -2.34. The first kappa shape index (κ1) is 8.63. The highest BCUT2D eigenvalue weighted by Gasteiger charge is 2.20. The van der Waals surface area contributed by atoms with Crippen LogP contribution in [0.4, 0.5) is 0 Å². The average molecular weight is 161 g/mol. The van der Waals surface area contributed by atoms with E-state index >= 15 is 0 Å². The molecule has 0 saturated carbocycles. The zero-order valence-corrected chi connectivity index (χ0v) is 6.73. The summed E-state index contributed by atoms with van der Waals surface area (Å²) in [6.45, 7) is 0. The largest absolute Gasteiger partial charge is 0.572 e. The Hall–Kier alpha value is -1.47. The van der Waals surface area contributed by atoms with Crippen molar-refractivity contribution in [1.82, 2.24) is 0 Å². The molecule has 3 nitrogen and oxygen atoms in total. The maximum Gasteiger partial charge on any atom is 0.572 e. The fraction of sp³-hybridized carbons (Fsp3) is 0.125. The predicted octanol–water partition coefficient (Wildman–Crippen LogP) is 0.526. The molecule has 0 spiro atoms. The Balaban J connectivity index is 2.75. The van der Waals surface area contributed by atoms with Gasteiger partial charge in [-0.15, -0.1) is 0 Å². The van der Waals surface area contributed by atoms with Gasteiger partial charge in [0, 0.05) is 7.11 Å². The SMILES string of the molecule is COB(OC#N)c1ccccc1. The Labute approximate surface area is 71.7 Å². The first-order valence-corrected chi connectivity index (χ1v) is 3.51. The number of hydrogen-bond acceptors (Lipinski definition) is 3. The third-order valence-electron chi connectivity index (χ3n) is 1.45. The smallest absolute Gasteiger partial charge is 0.463 e. The number of nitriles is 1. The summed E-state index contributed by atoms with van der Waals surface area (Å²) < 4.78 is 9.59. The highest BCUT2D eigenvalue weighted by atomic mass is 16.6. The monoisotopic (exact) mass is 161 g/mol. The molecule has 1 rings (SSSR count). The van der Waals surface area contributed by atoms with Crippen molar-refractivity contribution in [2.24, 2.45) is 0 Å². The van der Waals surface area contributed by atoms with Gasteiger partial charge in [-0.05, 0) is 5.46 Å². The molecule has 1 aromatic rings.